The first kappa shape index (κ1) is 21.1. The summed E-state index contributed by atoms with van der Waals surface area (Å²) in [5, 5.41) is 6.45. The second kappa shape index (κ2) is 9.26. The number of aryl methyl sites for hydroxylation is 2. The Bertz CT molecular complexity index is 1030. The molecule has 1 heterocycles. The topological polar surface area (TPSA) is 102 Å². The van der Waals surface area contributed by atoms with Gasteiger partial charge in [0, 0.05) is 11.4 Å². The Morgan fingerprint density at radius 3 is 2.37 bits per heavy atom. The zero-order chi connectivity index (χ0) is 21.7. The lowest BCUT2D eigenvalue weighted by molar-refractivity contribution is 0.0459. The van der Waals surface area contributed by atoms with E-state index in [0.717, 1.165) is 22.5 Å². The van der Waals surface area contributed by atoms with E-state index in [2.05, 4.69) is 26.7 Å². The van der Waals surface area contributed by atoms with Crippen molar-refractivity contribution in [2.75, 3.05) is 23.0 Å². The van der Waals surface area contributed by atoms with Gasteiger partial charge in [0.1, 0.15) is 12.0 Å². The van der Waals surface area contributed by atoms with Gasteiger partial charge in [0.25, 0.3) is 0 Å². The Morgan fingerprint density at radius 2 is 1.70 bits per heavy atom. The molecule has 156 valence electrons. The highest BCUT2D eigenvalue weighted by Gasteiger charge is 2.12. The van der Waals surface area contributed by atoms with Crippen molar-refractivity contribution in [1.29, 1.82) is 0 Å². The van der Waals surface area contributed by atoms with Gasteiger partial charge in [-0.15, -0.1) is 0 Å². The number of ether oxygens (including phenoxy) is 1. The minimum absolute atomic E-state index is 0.294. The number of carbonyl (C=O) groups is 1. The monoisotopic (exact) mass is 405 g/mol. The Balaban J connectivity index is 1.73. The van der Waals surface area contributed by atoms with Crippen molar-refractivity contribution in [2.45, 2.75) is 27.7 Å². The third-order valence-corrected chi connectivity index (χ3v) is 4.46. The summed E-state index contributed by atoms with van der Waals surface area (Å²) < 4.78 is 5.25. The molecule has 30 heavy (non-hydrogen) atoms. The van der Waals surface area contributed by atoms with Crippen LogP contribution in [0.1, 0.15) is 35.3 Å². The lowest BCUT2D eigenvalue weighted by Crippen LogP contribution is -2.10. The van der Waals surface area contributed by atoms with Crippen LogP contribution in [-0.2, 0) is 4.74 Å². The fraction of sp³-hybridized carbons (Fsp3) is 0.261. The maximum Gasteiger partial charge on any atom is 0.338 e. The molecule has 3 aromatic rings. The molecule has 0 radical (unpaired) electrons. The summed E-state index contributed by atoms with van der Waals surface area (Å²) >= 11 is 0. The first-order valence-corrected chi connectivity index (χ1v) is 9.82. The molecule has 7 nitrogen and oxygen atoms in total. The number of nitrogens with one attached hydrogen (secondary N) is 2. The van der Waals surface area contributed by atoms with E-state index < -0.39 is 0 Å². The summed E-state index contributed by atoms with van der Waals surface area (Å²) in [4.78, 5) is 20.6. The van der Waals surface area contributed by atoms with Crippen LogP contribution in [0.3, 0.4) is 0 Å². The van der Waals surface area contributed by atoms with E-state index in [1.807, 2.05) is 39.8 Å². The first-order chi connectivity index (χ1) is 14.3. The average molecular weight is 406 g/mol. The molecule has 0 aliphatic carbocycles. The molecular weight excluding hydrogens is 378 g/mol. The minimum Gasteiger partial charge on any atom is -0.462 e. The number of nitrogen functional groups attached to an aromatic ring is 1. The highest BCUT2D eigenvalue weighted by molar-refractivity contribution is 5.90. The maximum absolute atomic E-state index is 12.1. The molecule has 0 amide bonds. The van der Waals surface area contributed by atoms with Gasteiger partial charge >= 0.3 is 5.97 Å². The van der Waals surface area contributed by atoms with E-state index in [-0.39, 0.29) is 5.97 Å². The van der Waals surface area contributed by atoms with Crippen molar-refractivity contribution in [1.82, 2.24) is 9.97 Å². The Morgan fingerprint density at radius 1 is 1.03 bits per heavy atom. The fourth-order valence-electron chi connectivity index (χ4n) is 2.74. The van der Waals surface area contributed by atoms with E-state index in [0.29, 0.717) is 35.4 Å². The molecule has 3 rings (SSSR count). The largest absolute Gasteiger partial charge is 0.462 e. The summed E-state index contributed by atoms with van der Waals surface area (Å²) in [6, 6.07) is 13.1. The van der Waals surface area contributed by atoms with Crippen molar-refractivity contribution >= 4 is 34.7 Å². The fourth-order valence-corrected chi connectivity index (χ4v) is 2.74. The van der Waals surface area contributed by atoms with Crippen molar-refractivity contribution < 1.29 is 9.53 Å². The van der Waals surface area contributed by atoms with Crippen LogP contribution in [0.4, 0.5) is 28.7 Å². The molecule has 1 aromatic heterocycles. The summed E-state index contributed by atoms with van der Waals surface area (Å²) in [6.07, 6.45) is 1.45. The predicted molar refractivity (Wildman–Crippen MR) is 120 cm³/mol. The van der Waals surface area contributed by atoms with Crippen LogP contribution in [-0.4, -0.2) is 22.5 Å². The molecule has 0 unspecified atom stereocenters. The van der Waals surface area contributed by atoms with Gasteiger partial charge in [-0.1, -0.05) is 26.0 Å². The third-order valence-electron chi connectivity index (χ3n) is 4.46. The molecule has 2 aromatic carbocycles. The van der Waals surface area contributed by atoms with Gasteiger partial charge in [0.05, 0.1) is 12.2 Å². The van der Waals surface area contributed by atoms with E-state index in [4.69, 9.17) is 10.5 Å². The quantitative estimate of drug-likeness (QED) is 0.477. The van der Waals surface area contributed by atoms with E-state index in [9.17, 15) is 4.79 Å². The van der Waals surface area contributed by atoms with Crippen molar-refractivity contribution in [3.05, 3.63) is 65.5 Å². The maximum atomic E-state index is 12.1. The number of hydrogen-bond donors (Lipinski definition) is 3. The molecule has 7 heteroatoms. The Hall–Kier alpha value is -3.61. The van der Waals surface area contributed by atoms with Crippen molar-refractivity contribution in [3.8, 4) is 0 Å². The number of aromatic nitrogens is 2. The lowest BCUT2D eigenvalue weighted by atomic mass is 10.1. The minimum atomic E-state index is -0.336. The van der Waals surface area contributed by atoms with E-state index >= 15 is 0 Å². The van der Waals surface area contributed by atoms with Gasteiger partial charge in [-0.25, -0.2) is 14.8 Å². The number of esters is 1. The molecule has 0 aliphatic heterocycles. The number of nitrogens with zero attached hydrogens (tertiary/aromatic N) is 2. The smallest absolute Gasteiger partial charge is 0.338 e. The molecule has 4 N–H and O–H groups in total. The van der Waals surface area contributed by atoms with Crippen LogP contribution < -0.4 is 16.4 Å². The van der Waals surface area contributed by atoms with Crippen LogP contribution in [0, 0.1) is 19.8 Å². The van der Waals surface area contributed by atoms with Crippen LogP contribution in [0.5, 0.6) is 0 Å². The molecule has 0 aliphatic rings. The van der Waals surface area contributed by atoms with Crippen LogP contribution in [0.2, 0.25) is 0 Å². The third kappa shape index (κ3) is 5.26. The van der Waals surface area contributed by atoms with Crippen molar-refractivity contribution in [3.63, 3.8) is 0 Å². The second-order valence-electron chi connectivity index (χ2n) is 7.62. The molecular formula is C23H27N5O2. The van der Waals surface area contributed by atoms with Crippen LogP contribution in [0.15, 0.2) is 48.8 Å². The lowest BCUT2D eigenvalue weighted by Gasteiger charge is -2.14. The second-order valence-corrected chi connectivity index (χ2v) is 7.62. The standard InChI is InChI=1S/C23H27N5O2/c1-14(2)12-30-23(29)17-7-9-18(10-8-17)27-21-20(24)22(26-13-25-21)28-19-11-15(3)5-6-16(19)4/h5-11,13-14H,12,24H2,1-4H3,(H2,25,26,27,28). The summed E-state index contributed by atoms with van der Waals surface area (Å²) in [5.41, 5.74) is 11.1. The van der Waals surface area contributed by atoms with Crippen LogP contribution >= 0.6 is 0 Å². The van der Waals surface area contributed by atoms with E-state index in [1.165, 1.54) is 6.33 Å². The molecule has 0 bridgehead atoms. The molecule has 0 fully saturated rings. The average Bonchev–Trinajstić information content (AvgIpc) is 2.72. The van der Waals surface area contributed by atoms with Gasteiger partial charge in [0.2, 0.25) is 0 Å². The molecule has 0 spiro atoms. The molecule has 0 saturated heterocycles. The Kier molecular flexibility index (Phi) is 6.51. The van der Waals surface area contributed by atoms with Gasteiger partial charge in [0.15, 0.2) is 11.6 Å². The summed E-state index contributed by atoms with van der Waals surface area (Å²) in [7, 11) is 0. The number of hydrogen-bond acceptors (Lipinski definition) is 7. The zero-order valence-corrected chi connectivity index (χ0v) is 17.7. The van der Waals surface area contributed by atoms with E-state index in [1.54, 1.807) is 24.3 Å². The van der Waals surface area contributed by atoms with Gasteiger partial charge < -0.3 is 21.1 Å². The number of rotatable bonds is 7. The number of benzene rings is 2. The summed E-state index contributed by atoms with van der Waals surface area (Å²) in [5.74, 6) is 0.960. The van der Waals surface area contributed by atoms with Gasteiger partial charge in [-0.05, 0) is 61.2 Å². The van der Waals surface area contributed by atoms with Gasteiger partial charge in [-0.3, -0.25) is 0 Å². The highest BCUT2D eigenvalue weighted by Crippen LogP contribution is 2.29. The Labute approximate surface area is 176 Å². The molecule has 0 atom stereocenters. The predicted octanol–water partition coefficient (Wildman–Crippen LogP) is 4.98. The first-order valence-electron chi connectivity index (χ1n) is 9.82. The van der Waals surface area contributed by atoms with Crippen molar-refractivity contribution in [2.24, 2.45) is 5.92 Å². The highest BCUT2D eigenvalue weighted by atomic mass is 16.5. The number of anilines is 5. The zero-order valence-electron chi connectivity index (χ0n) is 17.7. The normalized spacial score (nSPS) is 10.7. The molecule has 0 saturated carbocycles. The summed E-state index contributed by atoms with van der Waals surface area (Å²) in [6.45, 7) is 8.44. The van der Waals surface area contributed by atoms with Crippen LogP contribution in [0.25, 0.3) is 0 Å². The van der Waals surface area contributed by atoms with Gasteiger partial charge in [-0.2, -0.15) is 0 Å². The number of nitrogens with two attached hydrogens (primary N) is 1. The number of carbonyl (C=O) groups excluding carboxylic acids is 1. The SMILES string of the molecule is Cc1ccc(C)c(Nc2ncnc(Nc3ccc(C(=O)OCC(C)C)cc3)c2N)c1.